The lowest BCUT2D eigenvalue weighted by Gasteiger charge is -2.19. The molecule has 142 valence electrons. The summed E-state index contributed by atoms with van der Waals surface area (Å²) >= 11 is 1.40. The summed E-state index contributed by atoms with van der Waals surface area (Å²) in [6, 6.07) is 15.2. The van der Waals surface area contributed by atoms with Gasteiger partial charge in [-0.25, -0.2) is 0 Å². The molecule has 6 nitrogen and oxygen atoms in total. The predicted molar refractivity (Wildman–Crippen MR) is 107 cm³/mol. The van der Waals surface area contributed by atoms with E-state index in [1.165, 1.54) is 11.8 Å². The number of carbonyl (C=O) groups excluding carboxylic acids is 1. The number of hydrogen-bond acceptors (Lipinski definition) is 6. The van der Waals surface area contributed by atoms with Crippen LogP contribution in [0.25, 0.3) is 0 Å². The molecule has 27 heavy (non-hydrogen) atoms. The number of methoxy groups -OCH3 is 2. The summed E-state index contributed by atoms with van der Waals surface area (Å²) in [5, 5.41) is 11.7. The average Bonchev–Trinajstić information content (AvgIpc) is 2.66. The van der Waals surface area contributed by atoms with Gasteiger partial charge in [-0.05, 0) is 25.2 Å². The number of nitrogens with one attached hydrogen (secondary N) is 1. The number of para-hydroxylation sites is 2. The smallest absolute Gasteiger partial charge is 0.238 e. The lowest BCUT2D eigenvalue weighted by Crippen LogP contribution is -2.30. The van der Waals surface area contributed by atoms with Crippen LogP contribution in [0.3, 0.4) is 0 Å². The molecule has 0 aliphatic heterocycles. The van der Waals surface area contributed by atoms with Crippen LogP contribution in [-0.4, -0.2) is 44.4 Å². The number of nitrogens with zero attached hydrogens (tertiary/aromatic N) is 2. The molecule has 0 atom stereocenters. The van der Waals surface area contributed by atoms with E-state index in [0.29, 0.717) is 23.8 Å². The van der Waals surface area contributed by atoms with E-state index in [4.69, 9.17) is 14.7 Å². The number of likely N-dealkylation sites (N-methyl/N-ethyl adjacent to an activating group) is 1. The molecule has 0 heterocycles. The summed E-state index contributed by atoms with van der Waals surface area (Å²) in [5.41, 5.74) is 1.66. The van der Waals surface area contributed by atoms with E-state index in [0.717, 1.165) is 16.1 Å². The molecule has 0 bridgehead atoms. The molecule has 0 fully saturated rings. The Morgan fingerprint density at radius 1 is 1.19 bits per heavy atom. The number of rotatable bonds is 9. The third-order valence-corrected chi connectivity index (χ3v) is 4.73. The van der Waals surface area contributed by atoms with Crippen molar-refractivity contribution in [1.29, 1.82) is 5.26 Å². The van der Waals surface area contributed by atoms with Crippen molar-refractivity contribution in [1.82, 2.24) is 4.90 Å². The Kier molecular flexibility index (Phi) is 7.99. The molecule has 2 aromatic rings. The van der Waals surface area contributed by atoms with Crippen molar-refractivity contribution in [2.45, 2.75) is 11.4 Å². The van der Waals surface area contributed by atoms with E-state index in [2.05, 4.69) is 11.4 Å². The van der Waals surface area contributed by atoms with Crippen LogP contribution in [0.15, 0.2) is 47.4 Å². The van der Waals surface area contributed by atoms with Crippen molar-refractivity contribution < 1.29 is 14.3 Å². The summed E-state index contributed by atoms with van der Waals surface area (Å²) < 4.78 is 10.8. The number of carbonyl (C=O) groups is 1. The zero-order valence-corrected chi connectivity index (χ0v) is 16.5. The second-order valence-corrected chi connectivity index (χ2v) is 6.83. The quantitative estimate of drug-likeness (QED) is 0.667. The largest absolute Gasteiger partial charge is 0.493 e. The minimum Gasteiger partial charge on any atom is -0.493 e. The molecule has 1 amide bonds. The van der Waals surface area contributed by atoms with E-state index in [1.807, 2.05) is 54.4 Å². The van der Waals surface area contributed by atoms with Gasteiger partial charge in [-0.2, -0.15) is 5.26 Å². The highest BCUT2D eigenvalue weighted by molar-refractivity contribution is 7.99. The second-order valence-electron chi connectivity index (χ2n) is 5.82. The first-order valence-electron chi connectivity index (χ1n) is 8.36. The zero-order chi connectivity index (χ0) is 19.6. The predicted octanol–water partition coefficient (Wildman–Crippen LogP) is 3.39. The number of hydrogen-bond donors (Lipinski definition) is 1. The van der Waals surface area contributed by atoms with E-state index in [-0.39, 0.29) is 12.5 Å². The summed E-state index contributed by atoms with van der Waals surface area (Å²) in [4.78, 5) is 15.2. The fraction of sp³-hybridized carbons (Fsp3) is 0.300. The van der Waals surface area contributed by atoms with E-state index >= 15 is 0 Å². The van der Waals surface area contributed by atoms with Gasteiger partial charge in [0.2, 0.25) is 5.91 Å². The molecule has 7 heteroatoms. The van der Waals surface area contributed by atoms with Gasteiger partial charge >= 0.3 is 0 Å². The maximum absolute atomic E-state index is 12.4. The lowest BCUT2D eigenvalue weighted by molar-refractivity contribution is -0.117. The average molecular weight is 385 g/mol. The molecule has 0 aliphatic rings. The van der Waals surface area contributed by atoms with Crippen LogP contribution in [0, 0.1) is 11.3 Å². The van der Waals surface area contributed by atoms with Gasteiger partial charge in [-0.1, -0.05) is 24.3 Å². The normalized spacial score (nSPS) is 10.3. The Balaban J connectivity index is 2.00. The van der Waals surface area contributed by atoms with E-state index in [1.54, 1.807) is 14.2 Å². The molecule has 0 aromatic heterocycles. The first-order chi connectivity index (χ1) is 13.1. The van der Waals surface area contributed by atoms with Crippen molar-refractivity contribution in [3.63, 3.8) is 0 Å². The van der Waals surface area contributed by atoms with Crippen molar-refractivity contribution in [3.8, 4) is 17.6 Å². The molecule has 0 radical (unpaired) electrons. The number of thioether (sulfide) groups is 1. The highest BCUT2D eigenvalue weighted by atomic mass is 32.2. The Labute approximate surface area is 164 Å². The maximum Gasteiger partial charge on any atom is 0.238 e. The Morgan fingerprint density at radius 2 is 1.96 bits per heavy atom. The molecular weight excluding hydrogens is 362 g/mol. The molecular formula is C20H23N3O3S. The van der Waals surface area contributed by atoms with Crippen LogP contribution < -0.4 is 14.8 Å². The monoisotopic (exact) mass is 385 g/mol. The van der Waals surface area contributed by atoms with Crippen LogP contribution in [0.1, 0.15) is 5.56 Å². The zero-order valence-electron chi connectivity index (χ0n) is 15.7. The SMILES string of the molecule is COc1cccc(CN(C)CC(=O)Nc2ccccc2SCC#N)c1OC. The molecule has 0 saturated heterocycles. The number of ether oxygens (including phenoxy) is 2. The minimum atomic E-state index is -0.121. The first-order valence-corrected chi connectivity index (χ1v) is 9.34. The third kappa shape index (κ3) is 5.91. The summed E-state index contributed by atoms with van der Waals surface area (Å²) in [6.07, 6.45) is 0. The standard InChI is InChI=1S/C20H23N3O3S/c1-23(13-15-7-6-9-17(25-2)20(15)26-3)14-19(24)22-16-8-4-5-10-18(16)27-12-11-21/h4-10H,12-14H2,1-3H3,(H,22,24). The number of benzene rings is 2. The fourth-order valence-corrected chi connectivity index (χ4v) is 3.34. The highest BCUT2D eigenvalue weighted by Crippen LogP contribution is 2.31. The van der Waals surface area contributed by atoms with E-state index < -0.39 is 0 Å². The van der Waals surface area contributed by atoms with Crippen LogP contribution in [0.5, 0.6) is 11.5 Å². The number of amides is 1. The number of anilines is 1. The molecule has 2 aromatic carbocycles. The third-order valence-electron chi connectivity index (χ3n) is 3.79. The van der Waals surface area contributed by atoms with Gasteiger partial charge in [0.05, 0.1) is 38.3 Å². The van der Waals surface area contributed by atoms with Crippen molar-refractivity contribution in [2.24, 2.45) is 0 Å². The molecule has 0 unspecified atom stereocenters. The first kappa shape index (κ1) is 20.6. The van der Waals surface area contributed by atoms with Gasteiger partial charge in [0.25, 0.3) is 0 Å². The second kappa shape index (κ2) is 10.5. The van der Waals surface area contributed by atoms with E-state index in [9.17, 15) is 4.79 Å². The Bertz CT molecular complexity index is 820. The summed E-state index contributed by atoms with van der Waals surface area (Å²) in [7, 11) is 5.07. The Hall–Kier alpha value is -2.69. The van der Waals surface area contributed by atoms with Crippen molar-refractivity contribution in [3.05, 3.63) is 48.0 Å². The van der Waals surface area contributed by atoms with Crippen molar-refractivity contribution in [2.75, 3.05) is 38.9 Å². The van der Waals surface area contributed by atoms with Crippen LogP contribution in [0.4, 0.5) is 5.69 Å². The molecule has 0 saturated carbocycles. The molecule has 1 N–H and O–H groups in total. The van der Waals surface area contributed by atoms with Crippen LogP contribution in [-0.2, 0) is 11.3 Å². The van der Waals surface area contributed by atoms with Gasteiger partial charge in [-0.15, -0.1) is 11.8 Å². The van der Waals surface area contributed by atoms with Crippen LogP contribution in [0.2, 0.25) is 0 Å². The van der Waals surface area contributed by atoms with Gasteiger partial charge in [0, 0.05) is 17.0 Å². The molecule has 2 rings (SSSR count). The van der Waals surface area contributed by atoms with Gasteiger partial charge in [0.1, 0.15) is 0 Å². The Morgan fingerprint density at radius 3 is 2.67 bits per heavy atom. The number of nitriles is 1. The lowest BCUT2D eigenvalue weighted by atomic mass is 10.1. The van der Waals surface area contributed by atoms with Crippen LogP contribution >= 0.6 is 11.8 Å². The highest BCUT2D eigenvalue weighted by Gasteiger charge is 2.14. The minimum absolute atomic E-state index is 0.121. The summed E-state index contributed by atoms with van der Waals surface area (Å²) in [5.74, 6) is 1.55. The van der Waals surface area contributed by atoms with Gasteiger partial charge in [-0.3, -0.25) is 9.69 Å². The van der Waals surface area contributed by atoms with Gasteiger partial charge < -0.3 is 14.8 Å². The fourth-order valence-electron chi connectivity index (χ4n) is 2.67. The van der Waals surface area contributed by atoms with Gasteiger partial charge in [0.15, 0.2) is 11.5 Å². The molecule has 0 aliphatic carbocycles. The topological polar surface area (TPSA) is 74.6 Å². The maximum atomic E-state index is 12.4. The molecule has 0 spiro atoms. The summed E-state index contributed by atoms with van der Waals surface area (Å²) in [6.45, 7) is 0.760. The van der Waals surface area contributed by atoms with Crippen molar-refractivity contribution >= 4 is 23.4 Å².